The van der Waals surface area contributed by atoms with Crippen LogP contribution in [0.3, 0.4) is 0 Å². The fraction of sp³-hybridized carbons (Fsp3) is 0.231. The first-order valence-electron chi connectivity index (χ1n) is 11.1. The zero-order valence-electron chi connectivity index (χ0n) is 18.1. The van der Waals surface area contributed by atoms with Crippen LogP contribution in [0, 0.1) is 0 Å². The monoisotopic (exact) mass is 440 g/mol. The minimum atomic E-state index is -0.0574. The SMILES string of the molecule is O=C(c1ccccc1)c1ccc(OCC(=O)N2CCC[C@H](c3nnc4ccccn34)C2)cc1. The lowest BCUT2D eigenvalue weighted by atomic mass is 9.97. The van der Waals surface area contributed by atoms with Crippen molar-refractivity contribution in [2.45, 2.75) is 18.8 Å². The molecule has 1 fully saturated rings. The fourth-order valence-corrected chi connectivity index (χ4v) is 4.25. The molecule has 0 unspecified atom stereocenters. The molecule has 1 saturated heterocycles. The Kier molecular flexibility index (Phi) is 5.85. The maximum Gasteiger partial charge on any atom is 0.260 e. The average Bonchev–Trinajstić information content (AvgIpc) is 3.32. The van der Waals surface area contributed by atoms with Crippen molar-refractivity contribution in [3.63, 3.8) is 0 Å². The van der Waals surface area contributed by atoms with E-state index in [0.717, 1.165) is 24.3 Å². The van der Waals surface area contributed by atoms with E-state index >= 15 is 0 Å². The Balaban J connectivity index is 1.19. The van der Waals surface area contributed by atoms with Crippen molar-refractivity contribution in [2.75, 3.05) is 19.7 Å². The van der Waals surface area contributed by atoms with Crippen LogP contribution in [-0.2, 0) is 4.79 Å². The molecular formula is C26H24N4O3. The number of piperidine rings is 1. The molecule has 0 N–H and O–H groups in total. The van der Waals surface area contributed by atoms with Gasteiger partial charge in [-0.05, 0) is 49.2 Å². The van der Waals surface area contributed by atoms with E-state index in [1.165, 1.54) is 0 Å². The highest BCUT2D eigenvalue weighted by molar-refractivity contribution is 6.08. The molecule has 1 aliphatic rings. The van der Waals surface area contributed by atoms with Gasteiger partial charge in [0.25, 0.3) is 5.91 Å². The third-order valence-electron chi connectivity index (χ3n) is 5.99. The van der Waals surface area contributed by atoms with E-state index in [1.807, 2.05) is 51.9 Å². The molecule has 1 amide bonds. The van der Waals surface area contributed by atoms with Gasteiger partial charge in [-0.2, -0.15) is 0 Å². The van der Waals surface area contributed by atoms with Gasteiger partial charge in [-0.25, -0.2) is 0 Å². The molecule has 0 radical (unpaired) electrons. The molecule has 5 rings (SSSR count). The summed E-state index contributed by atoms with van der Waals surface area (Å²) in [5, 5.41) is 8.61. The first-order chi connectivity index (χ1) is 16.2. The lowest BCUT2D eigenvalue weighted by molar-refractivity contribution is -0.134. The van der Waals surface area contributed by atoms with Crippen LogP contribution in [0.5, 0.6) is 5.75 Å². The van der Waals surface area contributed by atoms with E-state index in [2.05, 4.69) is 10.2 Å². The molecule has 33 heavy (non-hydrogen) atoms. The Morgan fingerprint density at radius 3 is 2.48 bits per heavy atom. The molecule has 7 nitrogen and oxygen atoms in total. The van der Waals surface area contributed by atoms with Gasteiger partial charge in [0.2, 0.25) is 0 Å². The van der Waals surface area contributed by atoms with E-state index < -0.39 is 0 Å². The molecule has 0 aliphatic carbocycles. The second kappa shape index (κ2) is 9.24. The molecule has 2 aromatic heterocycles. The summed E-state index contributed by atoms with van der Waals surface area (Å²) in [5.41, 5.74) is 2.04. The number of ether oxygens (including phenoxy) is 1. The number of likely N-dealkylation sites (tertiary alicyclic amines) is 1. The number of hydrogen-bond donors (Lipinski definition) is 0. The average molecular weight is 441 g/mol. The van der Waals surface area contributed by atoms with E-state index in [9.17, 15) is 9.59 Å². The first kappa shape index (κ1) is 20.9. The summed E-state index contributed by atoms with van der Waals surface area (Å²) < 4.78 is 7.72. The highest BCUT2D eigenvalue weighted by atomic mass is 16.5. The van der Waals surface area contributed by atoms with Gasteiger partial charge < -0.3 is 9.64 Å². The lowest BCUT2D eigenvalue weighted by Gasteiger charge is -2.31. The Bertz CT molecular complexity index is 1270. The number of rotatable bonds is 6. The summed E-state index contributed by atoms with van der Waals surface area (Å²) in [7, 11) is 0. The number of carbonyl (C=O) groups excluding carboxylic acids is 2. The van der Waals surface area contributed by atoms with Gasteiger partial charge in [0, 0.05) is 36.3 Å². The van der Waals surface area contributed by atoms with Crippen LogP contribution < -0.4 is 4.74 Å². The van der Waals surface area contributed by atoms with Gasteiger partial charge in [0.1, 0.15) is 11.6 Å². The van der Waals surface area contributed by atoms with Gasteiger partial charge in [-0.15, -0.1) is 10.2 Å². The molecule has 1 atom stereocenters. The topological polar surface area (TPSA) is 76.8 Å². The molecule has 0 saturated carbocycles. The van der Waals surface area contributed by atoms with Crippen molar-refractivity contribution in [2.24, 2.45) is 0 Å². The smallest absolute Gasteiger partial charge is 0.260 e. The maximum atomic E-state index is 12.8. The van der Waals surface area contributed by atoms with Crippen LogP contribution in [0.15, 0.2) is 79.0 Å². The number of aromatic nitrogens is 3. The van der Waals surface area contributed by atoms with Crippen molar-refractivity contribution in [1.29, 1.82) is 0 Å². The van der Waals surface area contributed by atoms with Gasteiger partial charge in [0.15, 0.2) is 18.0 Å². The van der Waals surface area contributed by atoms with Gasteiger partial charge in [0.05, 0.1) is 0 Å². The molecule has 0 spiro atoms. The van der Waals surface area contributed by atoms with Crippen LogP contribution in [0.25, 0.3) is 5.65 Å². The van der Waals surface area contributed by atoms with E-state index in [-0.39, 0.29) is 24.2 Å². The number of pyridine rings is 1. The Morgan fingerprint density at radius 1 is 0.909 bits per heavy atom. The predicted octanol–water partition coefficient (Wildman–Crippen LogP) is 3.75. The summed E-state index contributed by atoms with van der Waals surface area (Å²) >= 11 is 0. The van der Waals surface area contributed by atoms with Crippen LogP contribution >= 0.6 is 0 Å². The van der Waals surface area contributed by atoms with Gasteiger partial charge >= 0.3 is 0 Å². The molecule has 166 valence electrons. The zero-order valence-corrected chi connectivity index (χ0v) is 18.1. The van der Waals surface area contributed by atoms with Gasteiger partial charge in [-0.3, -0.25) is 14.0 Å². The quantitative estimate of drug-likeness (QED) is 0.427. The molecule has 4 aromatic rings. The number of hydrogen-bond acceptors (Lipinski definition) is 5. The molecular weight excluding hydrogens is 416 g/mol. The molecule has 0 bridgehead atoms. The Hall–Kier alpha value is -4.00. The van der Waals surface area contributed by atoms with Crippen LogP contribution in [0.4, 0.5) is 0 Å². The van der Waals surface area contributed by atoms with E-state index in [0.29, 0.717) is 30.0 Å². The maximum absolute atomic E-state index is 12.8. The first-order valence-corrected chi connectivity index (χ1v) is 11.1. The number of carbonyl (C=O) groups is 2. The van der Waals surface area contributed by atoms with Crippen molar-refractivity contribution in [3.05, 3.63) is 95.9 Å². The molecule has 2 aromatic carbocycles. The predicted molar refractivity (Wildman–Crippen MR) is 123 cm³/mol. The normalized spacial score (nSPS) is 16.0. The molecule has 3 heterocycles. The summed E-state index contributed by atoms with van der Waals surface area (Å²) in [5.74, 6) is 1.49. The van der Waals surface area contributed by atoms with E-state index in [4.69, 9.17) is 4.74 Å². The Morgan fingerprint density at radius 2 is 1.67 bits per heavy atom. The fourth-order valence-electron chi connectivity index (χ4n) is 4.25. The van der Waals surface area contributed by atoms with Crippen molar-refractivity contribution < 1.29 is 14.3 Å². The zero-order chi connectivity index (χ0) is 22.6. The van der Waals surface area contributed by atoms with Crippen LogP contribution in [0.1, 0.15) is 40.5 Å². The van der Waals surface area contributed by atoms with Crippen molar-refractivity contribution in [1.82, 2.24) is 19.5 Å². The van der Waals surface area contributed by atoms with Crippen molar-refractivity contribution >= 4 is 17.3 Å². The molecule has 1 aliphatic heterocycles. The summed E-state index contributed by atoms with van der Waals surface area (Å²) in [6.07, 6.45) is 3.84. The van der Waals surface area contributed by atoms with E-state index in [1.54, 1.807) is 36.4 Å². The van der Waals surface area contributed by atoms with Crippen molar-refractivity contribution in [3.8, 4) is 5.75 Å². The number of nitrogens with zero attached hydrogens (tertiary/aromatic N) is 4. The third kappa shape index (κ3) is 4.48. The summed E-state index contributed by atoms with van der Waals surface area (Å²) in [6, 6.07) is 21.9. The standard InChI is InChI=1S/C26H24N4O3/c31-24(18-33-22-13-11-20(12-14-22)25(32)19-7-2-1-3-8-19)29-15-6-9-21(17-29)26-28-27-23-10-4-5-16-30(23)26/h1-5,7-8,10-14,16,21H,6,9,15,17-18H2/t21-/m0/s1. The number of ketones is 1. The van der Waals surface area contributed by atoms with Gasteiger partial charge in [-0.1, -0.05) is 36.4 Å². The summed E-state index contributed by atoms with van der Waals surface area (Å²) in [6.45, 7) is 1.27. The third-order valence-corrected chi connectivity index (χ3v) is 5.99. The minimum absolute atomic E-state index is 0.0424. The largest absolute Gasteiger partial charge is 0.484 e. The van der Waals surface area contributed by atoms with Crippen LogP contribution in [0.2, 0.25) is 0 Å². The highest BCUT2D eigenvalue weighted by Crippen LogP contribution is 2.26. The lowest BCUT2D eigenvalue weighted by Crippen LogP contribution is -2.42. The highest BCUT2D eigenvalue weighted by Gasteiger charge is 2.28. The Labute approximate surface area is 191 Å². The minimum Gasteiger partial charge on any atom is -0.484 e. The second-order valence-corrected chi connectivity index (χ2v) is 8.17. The molecule has 7 heteroatoms. The summed E-state index contributed by atoms with van der Waals surface area (Å²) in [4.78, 5) is 27.2. The number of fused-ring (bicyclic) bond motifs is 1. The number of amides is 1. The second-order valence-electron chi connectivity index (χ2n) is 8.17. The van der Waals surface area contributed by atoms with Crippen LogP contribution in [-0.4, -0.2) is 50.9 Å². The number of benzene rings is 2.